The summed E-state index contributed by atoms with van der Waals surface area (Å²) in [5.74, 6) is -0.228. The van der Waals surface area contributed by atoms with Crippen LogP contribution in [0.2, 0.25) is 0 Å². The van der Waals surface area contributed by atoms with Crippen LogP contribution in [0.15, 0.2) is 24.3 Å². The molecule has 1 rings (SSSR count). The van der Waals surface area contributed by atoms with Gasteiger partial charge in [-0.15, -0.1) is 0 Å². The van der Waals surface area contributed by atoms with Crippen molar-refractivity contribution in [3.63, 3.8) is 0 Å². The first kappa shape index (κ1) is 10.5. The first-order valence-corrected chi connectivity index (χ1v) is 4.17. The average Bonchev–Trinajstić information content (AvgIpc) is 2.19. The molecule has 0 aromatic heterocycles. The lowest BCUT2D eigenvalue weighted by molar-refractivity contribution is -0.138. The number of carboxylic acid groups (broad SMARTS) is 1. The maximum absolute atomic E-state index is 10.5. The summed E-state index contributed by atoms with van der Waals surface area (Å²) in [5, 5.41) is 8.59. The Hall–Kier alpha value is -1.55. The highest BCUT2D eigenvalue weighted by Gasteiger charge is 2.11. The number of aliphatic hydroxyl groups is 1. The highest BCUT2D eigenvalue weighted by atomic mass is 16.5. The number of carboxylic acids is 1. The minimum absolute atomic E-state index is 0.326. The van der Waals surface area contributed by atoms with Gasteiger partial charge >= 0.3 is 5.97 Å². The third kappa shape index (κ3) is 2.74. The number of nitrogens with two attached hydrogens (primary N) is 1. The van der Waals surface area contributed by atoms with Gasteiger partial charge in [-0.2, -0.15) is 0 Å². The average molecular weight is 195 g/mol. The van der Waals surface area contributed by atoms with Crippen molar-refractivity contribution in [1.29, 1.82) is 0 Å². The topological polar surface area (TPSA) is 76.1 Å². The van der Waals surface area contributed by atoms with E-state index in [-0.39, 0.29) is 0 Å². The van der Waals surface area contributed by atoms with Gasteiger partial charge in [0.1, 0.15) is 6.04 Å². The van der Waals surface area contributed by atoms with E-state index in [4.69, 9.17) is 10.8 Å². The van der Waals surface area contributed by atoms with Gasteiger partial charge in [-0.25, -0.2) is 0 Å². The van der Waals surface area contributed by atoms with Crippen LogP contribution < -0.4 is 5.73 Å². The molecule has 0 bridgehead atoms. The minimum Gasteiger partial charge on any atom is -0.722 e. The molecular weight excluding hydrogens is 182 g/mol. The molecule has 0 heterocycles. The Morgan fingerprint density at radius 1 is 1.50 bits per heavy atom. The Morgan fingerprint density at radius 3 is 2.50 bits per heavy atom. The fraction of sp³-hybridized carbons (Fsp3) is 0.200. The molecule has 0 saturated carbocycles. The predicted octanol–water partition coefficient (Wildman–Crippen LogP) is 0.674. The van der Waals surface area contributed by atoms with Gasteiger partial charge in [0, 0.05) is 12.1 Å². The number of hydrogen-bond acceptors (Lipinski definition) is 2. The zero-order valence-electron chi connectivity index (χ0n) is 7.68. The smallest absolute Gasteiger partial charge is 0.320 e. The number of benzene rings is 1. The molecule has 1 aromatic carbocycles. The quantitative estimate of drug-likeness (QED) is 0.547. The molecule has 0 aliphatic rings. The van der Waals surface area contributed by atoms with Crippen molar-refractivity contribution >= 4 is 5.97 Å². The van der Waals surface area contributed by atoms with E-state index in [0.29, 0.717) is 6.42 Å². The summed E-state index contributed by atoms with van der Waals surface area (Å²) >= 11 is 0. The molecule has 1 aromatic rings. The summed E-state index contributed by atoms with van der Waals surface area (Å²) in [6.07, 6.45) is 0.326. The molecular formula is C10H13NO3. The SMILES string of the molecule is [CH2-][OH+]c1ccc(C[C@H](N)C(=O)O)cc1. The predicted molar refractivity (Wildman–Crippen MR) is 52.8 cm³/mol. The maximum atomic E-state index is 10.5. The number of ether oxygens (including phenoxy) is 1. The third-order valence-corrected chi connectivity index (χ3v) is 1.89. The number of aliphatic carboxylic acids is 1. The Kier molecular flexibility index (Phi) is 3.48. The number of carbonyl (C=O) groups is 1. The molecule has 4 heteroatoms. The van der Waals surface area contributed by atoms with Crippen LogP contribution in [-0.4, -0.2) is 21.9 Å². The summed E-state index contributed by atoms with van der Waals surface area (Å²) in [4.78, 5) is 10.5. The molecule has 14 heavy (non-hydrogen) atoms. The normalized spacial score (nSPS) is 12.1. The fourth-order valence-corrected chi connectivity index (χ4v) is 1.08. The Morgan fingerprint density at radius 2 is 2.07 bits per heavy atom. The van der Waals surface area contributed by atoms with Crippen molar-refractivity contribution in [1.82, 2.24) is 0 Å². The Labute approximate surface area is 82.3 Å². The number of hydrogen-bond donors (Lipinski definition) is 2. The van der Waals surface area contributed by atoms with Crippen LogP contribution >= 0.6 is 0 Å². The van der Waals surface area contributed by atoms with Crippen LogP contribution in [0, 0.1) is 7.11 Å². The molecule has 0 unspecified atom stereocenters. The molecule has 0 aliphatic heterocycles. The van der Waals surface area contributed by atoms with Crippen LogP contribution in [-0.2, 0) is 11.2 Å². The first-order chi connectivity index (χ1) is 6.63. The van der Waals surface area contributed by atoms with Gasteiger partial charge in [0.05, 0.1) is 0 Å². The Bertz CT molecular complexity index is 308. The van der Waals surface area contributed by atoms with Crippen molar-refractivity contribution < 1.29 is 14.6 Å². The second-order valence-corrected chi connectivity index (χ2v) is 2.97. The van der Waals surface area contributed by atoms with E-state index >= 15 is 0 Å². The molecule has 0 saturated heterocycles. The first-order valence-electron chi connectivity index (χ1n) is 4.17. The Balaban J connectivity index is 2.64. The molecule has 0 fully saturated rings. The van der Waals surface area contributed by atoms with Crippen molar-refractivity contribution in [3.05, 3.63) is 36.9 Å². The third-order valence-electron chi connectivity index (χ3n) is 1.89. The summed E-state index contributed by atoms with van der Waals surface area (Å²) < 4.78 is 3.73. The van der Waals surface area contributed by atoms with Crippen LogP contribution in [0.1, 0.15) is 5.56 Å². The van der Waals surface area contributed by atoms with Gasteiger partial charge < -0.3 is 15.6 Å². The fourth-order valence-electron chi connectivity index (χ4n) is 1.08. The largest absolute Gasteiger partial charge is 0.722 e. The van der Waals surface area contributed by atoms with Gasteiger partial charge in [-0.05, 0) is 31.2 Å². The van der Waals surface area contributed by atoms with Gasteiger partial charge in [-0.3, -0.25) is 4.79 Å². The van der Waals surface area contributed by atoms with Crippen LogP contribution in [0.5, 0.6) is 5.75 Å². The molecule has 4 N–H and O–H groups in total. The highest BCUT2D eigenvalue weighted by Crippen LogP contribution is 2.13. The van der Waals surface area contributed by atoms with E-state index in [0.717, 1.165) is 11.3 Å². The van der Waals surface area contributed by atoms with Gasteiger partial charge in [-0.1, -0.05) is 0 Å². The molecule has 0 spiro atoms. The monoisotopic (exact) mass is 195 g/mol. The molecule has 1 atom stereocenters. The summed E-state index contributed by atoms with van der Waals surface area (Å²) in [7, 11) is 3.38. The van der Waals surface area contributed by atoms with E-state index in [2.05, 4.69) is 11.8 Å². The second kappa shape index (κ2) is 4.62. The minimum atomic E-state index is -0.990. The zero-order chi connectivity index (χ0) is 10.6. The number of aromatic hydroxyl groups is 1. The van der Waals surface area contributed by atoms with Gasteiger partial charge in [0.2, 0.25) is 5.75 Å². The van der Waals surface area contributed by atoms with Crippen molar-refractivity contribution in [2.24, 2.45) is 5.73 Å². The second-order valence-electron chi connectivity index (χ2n) is 2.97. The van der Waals surface area contributed by atoms with Crippen molar-refractivity contribution in [2.75, 3.05) is 0 Å². The molecule has 0 radical (unpaired) electrons. The maximum Gasteiger partial charge on any atom is 0.320 e. The number of rotatable bonds is 4. The summed E-state index contributed by atoms with van der Waals surface area (Å²) in [5.41, 5.74) is 6.27. The van der Waals surface area contributed by atoms with Crippen LogP contribution in [0.4, 0.5) is 0 Å². The zero-order valence-corrected chi connectivity index (χ0v) is 7.68. The molecule has 0 aliphatic carbocycles. The lowest BCUT2D eigenvalue weighted by atomic mass is 10.1. The van der Waals surface area contributed by atoms with Gasteiger partial charge in [0.15, 0.2) is 0 Å². The van der Waals surface area contributed by atoms with E-state index in [9.17, 15) is 4.79 Å². The van der Waals surface area contributed by atoms with Crippen molar-refractivity contribution in [3.8, 4) is 5.75 Å². The van der Waals surface area contributed by atoms with Gasteiger partial charge in [0.25, 0.3) is 0 Å². The van der Waals surface area contributed by atoms with E-state index in [1.807, 2.05) is 0 Å². The molecule has 0 amide bonds. The van der Waals surface area contributed by atoms with E-state index in [1.165, 1.54) is 0 Å². The summed E-state index contributed by atoms with van der Waals surface area (Å²) in [6.45, 7) is 0. The molecule has 4 nitrogen and oxygen atoms in total. The molecule has 76 valence electrons. The lowest BCUT2D eigenvalue weighted by Crippen LogP contribution is -2.32. The van der Waals surface area contributed by atoms with Crippen LogP contribution in [0.3, 0.4) is 0 Å². The summed E-state index contributed by atoms with van der Waals surface area (Å²) in [6, 6.07) is 6.30. The standard InChI is InChI=1S/C10H13NO3/c1-14-8-4-2-7(3-5-8)6-9(11)10(12)13/h2-5,9,14H,1,6,11H2,(H,12,13)/t9-/m0/s1. The van der Waals surface area contributed by atoms with Crippen molar-refractivity contribution in [2.45, 2.75) is 12.5 Å². The van der Waals surface area contributed by atoms with E-state index < -0.39 is 12.0 Å². The lowest BCUT2D eigenvalue weighted by Gasteiger charge is -2.07. The van der Waals surface area contributed by atoms with Crippen LogP contribution in [0.25, 0.3) is 0 Å². The highest BCUT2D eigenvalue weighted by molar-refractivity contribution is 5.73. The van der Waals surface area contributed by atoms with E-state index in [1.54, 1.807) is 24.3 Å².